The Labute approximate surface area is 111 Å². The summed E-state index contributed by atoms with van der Waals surface area (Å²) in [5, 5.41) is 18.8. The van der Waals surface area contributed by atoms with Gasteiger partial charge in [0, 0.05) is 0 Å². The first-order chi connectivity index (χ1) is 8.98. The van der Waals surface area contributed by atoms with E-state index in [4.69, 9.17) is 4.74 Å². The van der Waals surface area contributed by atoms with Crippen LogP contribution in [0.5, 0.6) is 0 Å². The Morgan fingerprint density at radius 3 is 2.32 bits per heavy atom. The number of benzene rings is 1. The standard InChI is InChI=1S/C14H18O5/c1-3-10(2)19-13(18)14(9-15,12(16)17)11-7-5-4-6-8-11/h4-8,10,15H,3,9H2,1-2H3,(H,16,17). The van der Waals surface area contributed by atoms with Gasteiger partial charge in [-0.2, -0.15) is 0 Å². The third kappa shape index (κ3) is 2.93. The van der Waals surface area contributed by atoms with Crippen molar-refractivity contribution in [1.82, 2.24) is 0 Å². The minimum Gasteiger partial charge on any atom is -0.480 e. The predicted octanol–water partition coefficient (Wildman–Crippen LogP) is 1.34. The fourth-order valence-electron chi connectivity index (χ4n) is 1.64. The molecule has 0 heterocycles. The summed E-state index contributed by atoms with van der Waals surface area (Å²) in [6.07, 6.45) is 0.170. The van der Waals surface area contributed by atoms with Gasteiger partial charge in [-0.15, -0.1) is 0 Å². The minimum absolute atomic E-state index is 0.207. The maximum Gasteiger partial charge on any atom is 0.330 e. The molecule has 0 aromatic heterocycles. The Bertz CT molecular complexity index is 442. The van der Waals surface area contributed by atoms with E-state index in [1.54, 1.807) is 25.1 Å². The normalized spacial score (nSPS) is 15.3. The second kappa shape index (κ2) is 6.33. The molecule has 1 rings (SSSR count). The molecule has 1 aromatic rings. The molecular formula is C14H18O5. The predicted molar refractivity (Wildman–Crippen MR) is 68.7 cm³/mol. The molecule has 0 aliphatic heterocycles. The van der Waals surface area contributed by atoms with Gasteiger partial charge in [-0.05, 0) is 18.9 Å². The topological polar surface area (TPSA) is 83.8 Å². The van der Waals surface area contributed by atoms with Gasteiger partial charge in [0.05, 0.1) is 12.7 Å². The van der Waals surface area contributed by atoms with Crippen molar-refractivity contribution in [3.8, 4) is 0 Å². The van der Waals surface area contributed by atoms with E-state index in [0.29, 0.717) is 6.42 Å². The van der Waals surface area contributed by atoms with Crippen molar-refractivity contribution in [2.45, 2.75) is 31.8 Å². The van der Waals surface area contributed by atoms with E-state index in [1.165, 1.54) is 12.1 Å². The van der Waals surface area contributed by atoms with Gasteiger partial charge < -0.3 is 14.9 Å². The van der Waals surface area contributed by atoms with Crippen LogP contribution in [0, 0.1) is 0 Å². The van der Waals surface area contributed by atoms with Gasteiger partial charge in [-0.25, -0.2) is 0 Å². The van der Waals surface area contributed by atoms with Gasteiger partial charge in [0.15, 0.2) is 0 Å². The van der Waals surface area contributed by atoms with Crippen LogP contribution in [-0.4, -0.2) is 34.9 Å². The van der Waals surface area contributed by atoms with E-state index in [2.05, 4.69) is 0 Å². The molecule has 2 N–H and O–H groups in total. The number of aliphatic carboxylic acids is 1. The third-order valence-electron chi connectivity index (χ3n) is 3.10. The Morgan fingerprint density at radius 1 is 1.32 bits per heavy atom. The van der Waals surface area contributed by atoms with Crippen LogP contribution in [-0.2, 0) is 19.7 Å². The molecule has 2 unspecified atom stereocenters. The first-order valence-electron chi connectivity index (χ1n) is 6.09. The maximum absolute atomic E-state index is 12.1. The molecule has 5 nitrogen and oxygen atoms in total. The quantitative estimate of drug-likeness (QED) is 0.599. The SMILES string of the molecule is CCC(C)OC(=O)C(CO)(C(=O)O)c1ccccc1. The number of aliphatic hydroxyl groups excluding tert-OH is 1. The highest BCUT2D eigenvalue weighted by Gasteiger charge is 2.49. The minimum atomic E-state index is -2.06. The van der Waals surface area contributed by atoms with Crippen LogP contribution in [0.2, 0.25) is 0 Å². The summed E-state index contributed by atoms with van der Waals surface area (Å²) in [7, 11) is 0. The second-order valence-corrected chi connectivity index (χ2v) is 4.36. The highest BCUT2D eigenvalue weighted by atomic mass is 16.5. The van der Waals surface area contributed by atoms with Crippen LogP contribution in [0.3, 0.4) is 0 Å². The van der Waals surface area contributed by atoms with Crippen molar-refractivity contribution in [1.29, 1.82) is 0 Å². The van der Waals surface area contributed by atoms with Gasteiger partial charge in [-0.1, -0.05) is 37.3 Å². The molecule has 0 bridgehead atoms. The number of esters is 1. The van der Waals surface area contributed by atoms with Gasteiger partial charge >= 0.3 is 11.9 Å². The van der Waals surface area contributed by atoms with E-state index in [1.807, 2.05) is 6.92 Å². The fourth-order valence-corrected chi connectivity index (χ4v) is 1.64. The van der Waals surface area contributed by atoms with E-state index in [-0.39, 0.29) is 5.56 Å². The third-order valence-corrected chi connectivity index (χ3v) is 3.10. The highest BCUT2D eigenvalue weighted by molar-refractivity contribution is 6.05. The molecule has 2 atom stereocenters. The van der Waals surface area contributed by atoms with Gasteiger partial charge in [0.25, 0.3) is 0 Å². The number of ether oxygens (including phenoxy) is 1. The van der Waals surface area contributed by atoms with Crippen molar-refractivity contribution in [2.24, 2.45) is 0 Å². The van der Waals surface area contributed by atoms with Crippen molar-refractivity contribution in [2.75, 3.05) is 6.61 Å². The lowest BCUT2D eigenvalue weighted by molar-refractivity contribution is -0.167. The molecule has 0 aliphatic carbocycles. The van der Waals surface area contributed by atoms with Crippen LogP contribution in [0.1, 0.15) is 25.8 Å². The van der Waals surface area contributed by atoms with E-state index in [0.717, 1.165) is 0 Å². The number of hydrogen-bond acceptors (Lipinski definition) is 4. The van der Waals surface area contributed by atoms with E-state index < -0.39 is 30.1 Å². The fraction of sp³-hybridized carbons (Fsp3) is 0.429. The summed E-state index contributed by atoms with van der Waals surface area (Å²) in [5.41, 5.74) is -1.86. The Hall–Kier alpha value is -1.88. The zero-order valence-corrected chi connectivity index (χ0v) is 11.0. The molecule has 1 aromatic carbocycles. The number of carboxylic acid groups (broad SMARTS) is 1. The van der Waals surface area contributed by atoms with Crippen molar-refractivity contribution < 1.29 is 24.5 Å². The summed E-state index contributed by atoms with van der Waals surface area (Å²) in [5.74, 6) is -2.36. The lowest BCUT2D eigenvalue weighted by Gasteiger charge is -2.27. The monoisotopic (exact) mass is 266 g/mol. The average Bonchev–Trinajstić information content (AvgIpc) is 2.40. The number of carbonyl (C=O) groups excluding carboxylic acids is 1. The lowest BCUT2D eigenvalue weighted by atomic mass is 9.81. The first-order valence-corrected chi connectivity index (χ1v) is 6.09. The number of carbonyl (C=O) groups is 2. The summed E-state index contributed by atoms with van der Waals surface area (Å²) in [4.78, 5) is 23.6. The molecule has 5 heteroatoms. The number of rotatable bonds is 6. The zero-order chi connectivity index (χ0) is 14.5. The van der Waals surface area contributed by atoms with Crippen molar-refractivity contribution >= 4 is 11.9 Å². The molecule has 19 heavy (non-hydrogen) atoms. The zero-order valence-electron chi connectivity index (χ0n) is 11.0. The Kier molecular flexibility index (Phi) is 5.06. The highest BCUT2D eigenvalue weighted by Crippen LogP contribution is 2.27. The van der Waals surface area contributed by atoms with Gasteiger partial charge in [0.2, 0.25) is 5.41 Å². The van der Waals surface area contributed by atoms with E-state index >= 15 is 0 Å². The largest absolute Gasteiger partial charge is 0.480 e. The summed E-state index contributed by atoms with van der Waals surface area (Å²) in [6, 6.07) is 7.90. The number of aliphatic hydroxyl groups is 1. The molecule has 0 fully saturated rings. The maximum atomic E-state index is 12.1. The van der Waals surface area contributed by atoms with Crippen LogP contribution in [0.25, 0.3) is 0 Å². The summed E-state index contributed by atoms with van der Waals surface area (Å²) in [6.45, 7) is 2.65. The van der Waals surface area contributed by atoms with Crippen LogP contribution in [0.15, 0.2) is 30.3 Å². The Morgan fingerprint density at radius 2 is 1.89 bits per heavy atom. The lowest BCUT2D eigenvalue weighted by Crippen LogP contribution is -2.49. The number of carboxylic acids is 1. The van der Waals surface area contributed by atoms with Crippen molar-refractivity contribution in [3.05, 3.63) is 35.9 Å². The molecular weight excluding hydrogens is 248 g/mol. The molecule has 0 amide bonds. The molecule has 0 spiro atoms. The second-order valence-electron chi connectivity index (χ2n) is 4.36. The number of hydrogen-bond donors (Lipinski definition) is 2. The molecule has 0 saturated heterocycles. The van der Waals surface area contributed by atoms with Crippen molar-refractivity contribution in [3.63, 3.8) is 0 Å². The molecule has 0 radical (unpaired) electrons. The Balaban J connectivity index is 3.21. The average molecular weight is 266 g/mol. The van der Waals surface area contributed by atoms with Crippen LogP contribution >= 0.6 is 0 Å². The van der Waals surface area contributed by atoms with Crippen LogP contribution in [0.4, 0.5) is 0 Å². The first kappa shape index (κ1) is 15.2. The molecule has 0 aliphatic rings. The summed E-state index contributed by atoms with van der Waals surface area (Å²) >= 11 is 0. The smallest absolute Gasteiger partial charge is 0.330 e. The van der Waals surface area contributed by atoms with Crippen LogP contribution < -0.4 is 0 Å². The van der Waals surface area contributed by atoms with E-state index in [9.17, 15) is 19.8 Å². The van der Waals surface area contributed by atoms with Gasteiger partial charge in [-0.3, -0.25) is 9.59 Å². The van der Waals surface area contributed by atoms with Gasteiger partial charge in [0.1, 0.15) is 0 Å². The molecule has 104 valence electrons. The molecule has 0 saturated carbocycles. The summed E-state index contributed by atoms with van der Waals surface area (Å²) < 4.78 is 5.09.